The van der Waals surface area contributed by atoms with Crippen LogP contribution in [0.3, 0.4) is 0 Å². The summed E-state index contributed by atoms with van der Waals surface area (Å²) < 4.78 is 13.5. The summed E-state index contributed by atoms with van der Waals surface area (Å²) in [5.74, 6) is -0.166. The van der Waals surface area contributed by atoms with Crippen LogP contribution in [0, 0.1) is 5.82 Å². The van der Waals surface area contributed by atoms with Crippen LogP contribution < -0.4 is 10.6 Å². The zero-order valence-corrected chi connectivity index (χ0v) is 8.76. The fourth-order valence-electron chi connectivity index (χ4n) is 1.50. The smallest absolute Gasteiger partial charge is 0.146 e. The van der Waals surface area contributed by atoms with Crippen LogP contribution in [0.15, 0.2) is 18.2 Å². The summed E-state index contributed by atoms with van der Waals surface area (Å²) in [6.45, 7) is 3.34. The molecule has 0 fully saturated rings. The first-order valence-corrected chi connectivity index (χ1v) is 4.89. The van der Waals surface area contributed by atoms with Gasteiger partial charge in [-0.15, -0.1) is 0 Å². The van der Waals surface area contributed by atoms with Crippen LogP contribution in [0.2, 0.25) is 0 Å². The lowest BCUT2D eigenvalue weighted by Crippen LogP contribution is -2.20. The van der Waals surface area contributed by atoms with Gasteiger partial charge < -0.3 is 10.6 Å². The van der Waals surface area contributed by atoms with Crippen molar-refractivity contribution in [3.8, 4) is 0 Å². The summed E-state index contributed by atoms with van der Waals surface area (Å²) in [5, 5.41) is 0. The molecule has 0 aliphatic carbocycles. The van der Waals surface area contributed by atoms with Crippen molar-refractivity contribution in [1.29, 1.82) is 0 Å². The summed E-state index contributed by atoms with van der Waals surface area (Å²) in [6.07, 6.45) is 0.720. The number of hydrogen-bond acceptors (Lipinski definition) is 2. The van der Waals surface area contributed by atoms with Gasteiger partial charge in [-0.05, 0) is 31.5 Å². The number of benzene rings is 1. The predicted molar refractivity (Wildman–Crippen MR) is 58.1 cm³/mol. The second-order valence-corrected chi connectivity index (χ2v) is 3.30. The molecule has 2 N–H and O–H groups in total. The lowest BCUT2D eigenvalue weighted by molar-refractivity contribution is 0.621. The van der Waals surface area contributed by atoms with Crippen LogP contribution in [-0.2, 0) is 6.42 Å². The molecular weight excluding hydrogens is 179 g/mol. The molecule has 0 unspecified atom stereocenters. The first-order valence-electron chi connectivity index (χ1n) is 4.89. The van der Waals surface area contributed by atoms with Gasteiger partial charge in [0.15, 0.2) is 0 Å². The Morgan fingerprint density at radius 1 is 1.43 bits per heavy atom. The van der Waals surface area contributed by atoms with E-state index in [-0.39, 0.29) is 5.82 Å². The van der Waals surface area contributed by atoms with E-state index in [4.69, 9.17) is 5.73 Å². The van der Waals surface area contributed by atoms with Crippen LogP contribution >= 0.6 is 0 Å². The summed E-state index contributed by atoms with van der Waals surface area (Å²) in [5.41, 5.74) is 7.14. The highest BCUT2D eigenvalue weighted by Crippen LogP contribution is 2.23. The molecule has 78 valence electrons. The molecule has 0 spiro atoms. The van der Waals surface area contributed by atoms with Crippen LogP contribution in [-0.4, -0.2) is 20.1 Å². The number of rotatable bonds is 4. The van der Waals surface area contributed by atoms with Crippen LogP contribution in [0.1, 0.15) is 12.5 Å². The molecule has 0 saturated carbocycles. The molecule has 14 heavy (non-hydrogen) atoms. The monoisotopic (exact) mass is 196 g/mol. The lowest BCUT2D eigenvalue weighted by atomic mass is 10.1. The van der Waals surface area contributed by atoms with Crippen LogP contribution in [0.5, 0.6) is 0 Å². The number of nitrogens with two attached hydrogens (primary N) is 1. The Labute approximate surface area is 84.5 Å². The molecule has 0 saturated heterocycles. The van der Waals surface area contributed by atoms with E-state index in [1.807, 2.05) is 24.9 Å². The normalized spacial score (nSPS) is 10.3. The Morgan fingerprint density at radius 2 is 2.14 bits per heavy atom. The third-order valence-corrected chi connectivity index (χ3v) is 2.34. The minimum absolute atomic E-state index is 0.166. The average Bonchev–Trinajstić information content (AvgIpc) is 2.18. The Balaban J connectivity index is 3.08. The van der Waals surface area contributed by atoms with Crippen LogP contribution in [0.25, 0.3) is 0 Å². The van der Waals surface area contributed by atoms with Crippen molar-refractivity contribution in [2.45, 2.75) is 13.3 Å². The zero-order valence-electron chi connectivity index (χ0n) is 8.76. The lowest BCUT2D eigenvalue weighted by Gasteiger charge is -2.21. The Kier molecular flexibility index (Phi) is 3.89. The maximum atomic E-state index is 13.5. The second-order valence-electron chi connectivity index (χ2n) is 3.30. The van der Waals surface area contributed by atoms with Crippen molar-refractivity contribution >= 4 is 5.69 Å². The van der Waals surface area contributed by atoms with Gasteiger partial charge in [0.25, 0.3) is 0 Å². The van der Waals surface area contributed by atoms with E-state index in [1.54, 1.807) is 6.07 Å². The predicted octanol–water partition coefficient (Wildman–Crippen LogP) is 1.78. The number of para-hydroxylation sites is 1. The first-order chi connectivity index (χ1) is 6.70. The van der Waals surface area contributed by atoms with Crippen molar-refractivity contribution in [1.82, 2.24) is 0 Å². The van der Waals surface area contributed by atoms with Crippen LogP contribution in [0.4, 0.5) is 10.1 Å². The number of nitrogens with zero attached hydrogens (tertiary/aromatic N) is 1. The molecule has 0 aliphatic heterocycles. The molecule has 0 bridgehead atoms. The van der Waals surface area contributed by atoms with Gasteiger partial charge in [0.05, 0.1) is 5.69 Å². The van der Waals surface area contributed by atoms with Crippen molar-refractivity contribution < 1.29 is 4.39 Å². The molecular formula is C11H17FN2. The molecule has 0 radical (unpaired) electrons. The molecule has 0 aromatic heterocycles. The third-order valence-electron chi connectivity index (χ3n) is 2.34. The largest absolute Gasteiger partial charge is 0.372 e. The fourth-order valence-corrected chi connectivity index (χ4v) is 1.50. The van der Waals surface area contributed by atoms with Gasteiger partial charge in [-0.2, -0.15) is 0 Å². The zero-order chi connectivity index (χ0) is 10.6. The molecule has 0 aliphatic rings. The highest BCUT2D eigenvalue weighted by Gasteiger charge is 2.10. The second kappa shape index (κ2) is 4.96. The molecule has 1 rings (SSSR count). The van der Waals surface area contributed by atoms with E-state index in [9.17, 15) is 4.39 Å². The fraction of sp³-hybridized carbons (Fsp3) is 0.455. The highest BCUT2D eigenvalue weighted by atomic mass is 19.1. The number of halogens is 1. The Morgan fingerprint density at radius 3 is 2.71 bits per heavy atom. The third kappa shape index (κ3) is 2.23. The number of hydrogen-bond donors (Lipinski definition) is 1. The molecule has 0 atom stereocenters. The summed E-state index contributed by atoms with van der Waals surface area (Å²) >= 11 is 0. The molecule has 1 aromatic rings. The average molecular weight is 196 g/mol. The molecule has 3 heteroatoms. The standard InChI is InChI=1S/C11H17FN2/c1-3-14(2)11-9(7-8-13)5-4-6-10(11)12/h4-6H,3,7-8,13H2,1-2H3. The van der Waals surface area contributed by atoms with E-state index < -0.39 is 0 Å². The van der Waals surface area contributed by atoms with Crippen molar-refractivity contribution in [2.75, 3.05) is 25.0 Å². The minimum atomic E-state index is -0.166. The van der Waals surface area contributed by atoms with Gasteiger partial charge >= 0.3 is 0 Å². The van der Waals surface area contributed by atoms with E-state index in [0.29, 0.717) is 12.2 Å². The number of anilines is 1. The molecule has 2 nitrogen and oxygen atoms in total. The summed E-state index contributed by atoms with van der Waals surface area (Å²) in [6, 6.07) is 5.15. The SMILES string of the molecule is CCN(C)c1c(F)cccc1CCN. The quantitative estimate of drug-likeness (QED) is 0.795. The van der Waals surface area contributed by atoms with Crippen molar-refractivity contribution in [3.05, 3.63) is 29.6 Å². The Hall–Kier alpha value is -1.09. The molecule has 0 heterocycles. The van der Waals surface area contributed by atoms with E-state index in [2.05, 4.69) is 0 Å². The first kappa shape index (κ1) is 11.0. The molecule has 1 aromatic carbocycles. The van der Waals surface area contributed by atoms with Gasteiger partial charge in [-0.25, -0.2) is 4.39 Å². The van der Waals surface area contributed by atoms with Gasteiger partial charge in [0.2, 0.25) is 0 Å². The van der Waals surface area contributed by atoms with Gasteiger partial charge in [0.1, 0.15) is 5.82 Å². The van der Waals surface area contributed by atoms with Gasteiger partial charge in [-0.3, -0.25) is 0 Å². The topological polar surface area (TPSA) is 29.3 Å². The minimum Gasteiger partial charge on any atom is -0.372 e. The maximum Gasteiger partial charge on any atom is 0.146 e. The van der Waals surface area contributed by atoms with E-state index >= 15 is 0 Å². The van der Waals surface area contributed by atoms with Gasteiger partial charge in [-0.1, -0.05) is 12.1 Å². The van der Waals surface area contributed by atoms with Crippen molar-refractivity contribution in [2.24, 2.45) is 5.73 Å². The van der Waals surface area contributed by atoms with Gasteiger partial charge in [0, 0.05) is 13.6 Å². The summed E-state index contributed by atoms with van der Waals surface area (Å²) in [4.78, 5) is 1.90. The maximum absolute atomic E-state index is 13.5. The van der Waals surface area contributed by atoms with E-state index in [1.165, 1.54) is 6.07 Å². The highest BCUT2D eigenvalue weighted by molar-refractivity contribution is 5.54. The van der Waals surface area contributed by atoms with E-state index in [0.717, 1.165) is 18.5 Å². The summed E-state index contributed by atoms with van der Waals surface area (Å²) in [7, 11) is 1.89. The Bertz CT molecular complexity index is 299. The van der Waals surface area contributed by atoms with Crippen molar-refractivity contribution in [3.63, 3.8) is 0 Å². The molecule has 0 amide bonds.